The van der Waals surface area contributed by atoms with Gasteiger partial charge in [-0.2, -0.15) is 5.10 Å². The number of nitrogens with zero attached hydrogens (tertiary/aromatic N) is 6. The van der Waals surface area contributed by atoms with Crippen molar-refractivity contribution < 1.29 is 9.47 Å². The number of nitrogens with one attached hydrogen (secondary N) is 1. The summed E-state index contributed by atoms with van der Waals surface area (Å²) in [7, 11) is 1.88. The number of anilines is 2. The van der Waals surface area contributed by atoms with Crippen LogP contribution in [0.25, 0.3) is 16.8 Å². The van der Waals surface area contributed by atoms with E-state index in [1.165, 1.54) is 0 Å². The molecule has 1 atom stereocenters. The molecule has 0 spiro atoms. The average Bonchev–Trinajstić information content (AvgIpc) is 3.40. The van der Waals surface area contributed by atoms with Crippen molar-refractivity contribution in [3.8, 4) is 22.8 Å². The van der Waals surface area contributed by atoms with Gasteiger partial charge in [0.05, 0.1) is 12.8 Å². The highest BCUT2D eigenvalue weighted by atomic mass is 16.5. The molecule has 9 heteroatoms. The second-order valence-corrected chi connectivity index (χ2v) is 7.79. The predicted octanol–water partition coefficient (Wildman–Crippen LogP) is 4.17. The quantitative estimate of drug-likeness (QED) is 0.439. The van der Waals surface area contributed by atoms with Gasteiger partial charge in [-0.3, -0.25) is 4.68 Å². The largest absolute Gasteiger partial charge is 0.482 e. The van der Waals surface area contributed by atoms with E-state index in [4.69, 9.17) is 9.47 Å². The van der Waals surface area contributed by atoms with E-state index in [0.717, 1.165) is 34.3 Å². The minimum Gasteiger partial charge on any atom is -0.482 e. The van der Waals surface area contributed by atoms with Crippen LogP contribution in [0, 0.1) is 0 Å². The van der Waals surface area contributed by atoms with E-state index in [2.05, 4.69) is 25.6 Å². The second kappa shape index (κ2) is 7.94. The van der Waals surface area contributed by atoms with Gasteiger partial charge < -0.3 is 14.8 Å². The molecule has 164 valence electrons. The van der Waals surface area contributed by atoms with Crippen molar-refractivity contribution in [2.45, 2.75) is 12.5 Å². The Morgan fingerprint density at radius 2 is 1.91 bits per heavy atom. The molecular formula is C24H21N7O2. The number of benzene rings is 1. The molecule has 0 saturated heterocycles. The Morgan fingerprint density at radius 1 is 1.00 bits per heavy atom. The van der Waals surface area contributed by atoms with Crippen LogP contribution in [-0.2, 0) is 7.05 Å². The number of hydrogen-bond donors (Lipinski definition) is 1. The number of pyridine rings is 2. The SMILES string of the molecule is Cn1nccc1Nc1cc(-c2cc3n4c(nnc4c2)[C@H](Oc2ccccc2)CCO3)ccn1. The van der Waals surface area contributed by atoms with Crippen LogP contribution in [0.3, 0.4) is 0 Å². The van der Waals surface area contributed by atoms with Gasteiger partial charge in [0.25, 0.3) is 0 Å². The fraction of sp³-hybridized carbons (Fsp3) is 0.167. The van der Waals surface area contributed by atoms with Crippen LogP contribution in [0.1, 0.15) is 18.3 Å². The van der Waals surface area contributed by atoms with Crippen LogP contribution in [-0.4, -0.2) is 36.0 Å². The minimum atomic E-state index is -0.245. The molecule has 0 saturated carbocycles. The first-order valence-electron chi connectivity index (χ1n) is 10.7. The molecule has 5 heterocycles. The van der Waals surface area contributed by atoms with Gasteiger partial charge >= 0.3 is 0 Å². The van der Waals surface area contributed by atoms with E-state index in [-0.39, 0.29) is 6.10 Å². The molecule has 33 heavy (non-hydrogen) atoms. The van der Waals surface area contributed by atoms with Crippen molar-refractivity contribution in [3.05, 3.63) is 78.9 Å². The number of aromatic nitrogens is 6. The van der Waals surface area contributed by atoms with Gasteiger partial charge in [0, 0.05) is 31.8 Å². The van der Waals surface area contributed by atoms with Gasteiger partial charge in [0.1, 0.15) is 17.4 Å². The third-order valence-electron chi connectivity index (χ3n) is 5.61. The van der Waals surface area contributed by atoms with Crippen molar-refractivity contribution in [2.24, 2.45) is 7.05 Å². The molecule has 1 N–H and O–H groups in total. The van der Waals surface area contributed by atoms with Crippen LogP contribution in [0.15, 0.2) is 73.1 Å². The number of aryl methyl sites for hydroxylation is 1. The van der Waals surface area contributed by atoms with Crippen molar-refractivity contribution in [2.75, 3.05) is 11.9 Å². The zero-order valence-electron chi connectivity index (χ0n) is 17.9. The van der Waals surface area contributed by atoms with E-state index < -0.39 is 0 Å². The summed E-state index contributed by atoms with van der Waals surface area (Å²) in [4.78, 5) is 4.43. The van der Waals surface area contributed by atoms with Crippen LogP contribution in [0.2, 0.25) is 0 Å². The maximum absolute atomic E-state index is 6.20. The molecule has 5 aromatic rings. The molecule has 9 nitrogen and oxygen atoms in total. The highest BCUT2D eigenvalue weighted by molar-refractivity contribution is 5.72. The smallest absolute Gasteiger partial charge is 0.201 e. The number of ether oxygens (including phenoxy) is 2. The molecule has 0 radical (unpaired) electrons. The number of hydrogen-bond acceptors (Lipinski definition) is 7. The van der Waals surface area contributed by atoms with Gasteiger partial charge in [-0.15, -0.1) is 10.2 Å². The first kappa shape index (κ1) is 19.3. The molecule has 1 aromatic carbocycles. The van der Waals surface area contributed by atoms with Crippen molar-refractivity contribution >= 4 is 17.3 Å². The fourth-order valence-corrected chi connectivity index (χ4v) is 3.97. The average molecular weight is 439 g/mol. The zero-order valence-corrected chi connectivity index (χ0v) is 17.9. The van der Waals surface area contributed by atoms with E-state index in [1.54, 1.807) is 17.1 Å². The lowest BCUT2D eigenvalue weighted by Crippen LogP contribution is -2.11. The van der Waals surface area contributed by atoms with Crippen molar-refractivity contribution in [3.63, 3.8) is 0 Å². The van der Waals surface area contributed by atoms with E-state index in [0.29, 0.717) is 24.6 Å². The first-order chi connectivity index (χ1) is 16.2. The topological polar surface area (TPSA) is 91.4 Å². The van der Waals surface area contributed by atoms with E-state index in [1.807, 2.05) is 72.1 Å². The number of para-hydroxylation sites is 1. The van der Waals surface area contributed by atoms with Crippen molar-refractivity contribution in [1.29, 1.82) is 0 Å². The highest BCUT2D eigenvalue weighted by Gasteiger charge is 2.26. The maximum atomic E-state index is 6.20. The highest BCUT2D eigenvalue weighted by Crippen LogP contribution is 2.33. The van der Waals surface area contributed by atoms with Crippen LogP contribution in [0.5, 0.6) is 11.6 Å². The Hall–Kier alpha value is -4.40. The van der Waals surface area contributed by atoms with E-state index >= 15 is 0 Å². The Bertz CT molecular complexity index is 1430. The van der Waals surface area contributed by atoms with Crippen LogP contribution in [0.4, 0.5) is 11.6 Å². The third-order valence-corrected chi connectivity index (χ3v) is 5.61. The molecule has 1 aliphatic heterocycles. The van der Waals surface area contributed by atoms with Gasteiger partial charge in [0.2, 0.25) is 5.88 Å². The molecule has 1 aliphatic rings. The summed E-state index contributed by atoms with van der Waals surface area (Å²) in [5, 5.41) is 16.3. The summed E-state index contributed by atoms with van der Waals surface area (Å²) in [5.41, 5.74) is 2.66. The predicted molar refractivity (Wildman–Crippen MR) is 123 cm³/mol. The first-order valence-corrected chi connectivity index (χ1v) is 10.7. The van der Waals surface area contributed by atoms with Crippen LogP contribution < -0.4 is 14.8 Å². The van der Waals surface area contributed by atoms with Crippen LogP contribution >= 0.6 is 0 Å². The molecule has 0 fully saturated rings. The molecular weight excluding hydrogens is 418 g/mol. The molecule has 6 rings (SSSR count). The Kier molecular flexibility index (Phi) is 4.64. The summed E-state index contributed by atoms with van der Waals surface area (Å²) < 4.78 is 16.0. The van der Waals surface area contributed by atoms with Gasteiger partial charge in [-0.1, -0.05) is 18.2 Å². The van der Waals surface area contributed by atoms with Gasteiger partial charge in [0.15, 0.2) is 17.6 Å². The standard InChI is InChI=1S/C24H21N7O2/c1-30-21(8-11-26-30)27-20-13-16(7-10-25-20)17-14-22-28-29-24-19(33-18-5-3-2-4-6-18)9-12-32-23(15-17)31(22)24/h2-8,10-11,13-15,19H,9,12H2,1H3,(H,25,27)/t19-/m1/s1. The van der Waals surface area contributed by atoms with Crippen molar-refractivity contribution in [1.82, 2.24) is 29.4 Å². The molecule has 0 unspecified atom stereocenters. The Labute approximate surface area is 189 Å². The number of rotatable bonds is 5. The lowest BCUT2D eigenvalue weighted by Gasteiger charge is -2.15. The molecule has 0 amide bonds. The van der Waals surface area contributed by atoms with E-state index in [9.17, 15) is 0 Å². The van der Waals surface area contributed by atoms with Gasteiger partial charge in [-0.05, 0) is 41.5 Å². The zero-order chi connectivity index (χ0) is 22.2. The monoisotopic (exact) mass is 439 g/mol. The minimum absolute atomic E-state index is 0.245. The summed E-state index contributed by atoms with van der Waals surface area (Å²) in [6.07, 6.45) is 3.94. The summed E-state index contributed by atoms with van der Waals surface area (Å²) in [5.74, 6) is 3.81. The lowest BCUT2D eigenvalue weighted by atomic mass is 10.1. The molecule has 0 bridgehead atoms. The summed E-state index contributed by atoms with van der Waals surface area (Å²) >= 11 is 0. The van der Waals surface area contributed by atoms with Gasteiger partial charge in [-0.25, -0.2) is 9.38 Å². The molecule has 0 aliphatic carbocycles. The normalized spacial score (nSPS) is 15.1. The Morgan fingerprint density at radius 3 is 2.76 bits per heavy atom. The second-order valence-electron chi connectivity index (χ2n) is 7.79. The molecule has 4 aromatic heterocycles. The third kappa shape index (κ3) is 3.63. The summed E-state index contributed by atoms with van der Waals surface area (Å²) in [6.45, 7) is 0.517. The fourth-order valence-electron chi connectivity index (χ4n) is 3.97. The maximum Gasteiger partial charge on any atom is 0.201 e. The lowest BCUT2D eigenvalue weighted by molar-refractivity contribution is 0.166. The summed E-state index contributed by atoms with van der Waals surface area (Å²) in [6, 6.07) is 19.6. The Balaban J connectivity index is 1.35.